The van der Waals surface area contributed by atoms with E-state index in [0.29, 0.717) is 12.8 Å². The number of rotatable bonds is 5. The lowest BCUT2D eigenvalue weighted by Gasteiger charge is -2.12. The molecule has 1 aromatic carbocycles. The zero-order chi connectivity index (χ0) is 11.3. The summed E-state index contributed by atoms with van der Waals surface area (Å²) in [6.45, 7) is 1.72. The number of hydrogen-bond acceptors (Lipinski definition) is 3. The first-order valence-electron chi connectivity index (χ1n) is 5.13. The number of aliphatic hydroxyl groups excluding tert-OH is 2. The second-order valence-electron chi connectivity index (χ2n) is 3.72. The zero-order valence-corrected chi connectivity index (χ0v) is 9.18. The van der Waals surface area contributed by atoms with E-state index in [9.17, 15) is 5.11 Å². The standard InChI is InChI=1S/C12H18O3/c1-9(13)3-8-12(14)10-4-6-11(15-2)7-5-10/h4-7,9,12-14H,3,8H2,1-2H3. The maximum Gasteiger partial charge on any atom is 0.118 e. The van der Waals surface area contributed by atoms with Gasteiger partial charge >= 0.3 is 0 Å². The number of aliphatic hydroxyl groups is 2. The van der Waals surface area contributed by atoms with Gasteiger partial charge in [-0.25, -0.2) is 0 Å². The molecule has 1 rings (SSSR count). The Hall–Kier alpha value is -1.06. The predicted octanol–water partition coefficient (Wildman–Crippen LogP) is 1.89. The lowest BCUT2D eigenvalue weighted by molar-refractivity contribution is 0.123. The van der Waals surface area contributed by atoms with E-state index in [0.717, 1.165) is 11.3 Å². The molecule has 0 bridgehead atoms. The third-order valence-corrected chi connectivity index (χ3v) is 2.36. The molecule has 0 aliphatic rings. The number of benzene rings is 1. The fourth-order valence-electron chi connectivity index (χ4n) is 1.39. The smallest absolute Gasteiger partial charge is 0.118 e. The summed E-state index contributed by atoms with van der Waals surface area (Å²) in [6.07, 6.45) is 0.306. The Morgan fingerprint density at radius 1 is 1.13 bits per heavy atom. The van der Waals surface area contributed by atoms with Crippen LogP contribution in [-0.4, -0.2) is 23.4 Å². The maximum absolute atomic E-state index is 9.78. The van der Waals surface area contributed by atoms with Gasteiger partial charge in [0, 0.05) is 0 Å². The summed E-state index contributed by atoms with van der Waals surface area (Å²) in [5.41, 5.74) is 0.858. The van der Waals surface area contributed by atoms with Crippen molar-refractivity contribution < 1.29 is 14.9 Å². The zero-order valence-electron chi connectivity index (χ0n) is 9.18. The third-order valence-electron chi connectivity index (χ3n) is 2.36. The van der Waals surface area contributed by atoms with Crippen LogP contribution in [0.5, 0.6) is 5.75 Å². The van der Waals surface area contributed by atoms with Crippen molar-refractivity contribution >= 4 is 0 Å². The molecule has 2 atom stereocenters. The fraction of sp³-hybridized carbons (Fsp3) is 0.500. The van der Waals surface area contributed by atoms with Crippen molar-refractivity contribution in [1.82, 2.24) is 0 Å². The normalized spacial score (nSPS) is 14.7. The summed E-state index contributed by atoms with van der Waals surface area (Å²) in [4.78, 5) is 0. The molecular formula is C12H18O3. The molecule has 0 aliphatic heterocycles. The van der Waals surface area contributed by atoms with Gasteiger partial charge in [0.1, 0.15) is 5.75 Å². The molecule has 0 spiro atoms. The van der Waals surface area contributed by atoms with E-state index in [1.807, 2.05) is 24.3 Å². The van der Waals surface area contributed by atoms with Crippen molar-refractivity contribution in [1.29, 1.82) is 0 Å². The van der Waals surface area contributed by atoms with Gasteiger partial charge in [0.25, 0.3) is 0 Å². The molecule has 0 amide bonds. The third kappa shape index (κ3) is 3.90. The van der Waals surface area contributed by atoms with Crippen molar-refractivity contribution in [3.05, 3.63) is 29.8 Å². The van der Waals surface area contributed by atoms with Crippen LogP contribution in [0.2, 0.25) is 0 Å². The second kappa shape index (κ2) is 5.73. The van der Waals surface area contributed by atoms with Gasteiger partial charge in [-0.3, -0.25) is 0 Å². The van der Waals surface area contributed by atoms with Crippen LogP contribution >= 0.6 is 0 Å². The molecule has 0 saturated heterocycles. The van der Waals surface area contributed by atoms with Crippen molar-refractivity contribution in [3.8, 4) is 5.75 Å². The first-order chi connectivity index (χ1) is 7.13. The first kappa shape index (κ1) is 12.0. The summed E-state index contributed by atoms with van der Waals surface area (Å²) < 4.78 is 5.03. The molecule has 0 radical (unpaired) electrons. The van der Waals surface area contributed by atoms with E-state index in [1.165, 1.54) is 0 Å². The van der Waals surface area contributed by atoms with E-state index < -0.39 is 6.10 Å². The minimum atomic E-state index is -0.509. The molecule has 0 fully saturated rings. The maximum atomic E-state index is 9.78. The van der Waals surface area contributed by atoms with Gasteiger partial charge in [-0.05, 0) is 37.5 Å². The van der Waals surface area contributed by atoms with E-state index in [1.54, 1.807) is 14.0 Å². The minimum Gasteiger partial charge on any atom is -0.497 e. The van der Waals surface area contributed by atoms with E-state index in [4.69, 9.17) is 9.84 Å². The number of methoxy groups -OCH3 is 1. The van der Waals surface area contributed by atoms with E-state index in [2.05, 4.69) is 0 Å². The second-order valence-corrected chi connectivity index (χ2v) is 3.72. The summed E-state index contributed by atoms with van der Waals surface area (Å²) in [5, 5.41) is 18.9. The Bertz CT molecular complexity index is 279. The Morgan fingerprint density at radius 2 is 1.73 bits per heavy atom. The summed E-state index contributed by atoms with van der Waals surface area (Å²) in [5.74, 6) is 0.779. The average Bonchev–Trinajstić information content (AvgIpc) is 2.26. The SMILES string of the molecule is COc1ccc(C(O)CCC(C)O)cc1. The van der Waals surface area contributed by atoms with Crippen LogP contribution in [0.1, 0.15) is 31.4 Å². The Labute approximate surface area is 90.3 Å². The van der Waals surface area contributed by atoms with Crippen LogP contribution in [0.3, 0.4) is 0 Å². The van der Waals surface area contributed by atoms with Crippen LogP contribution in [0.15, 0.2) is 24.3 Å². The van der Waals surface area contributed by atoms with Crippen LogP contribution in [-0.2, 0) is 0 Å². The molecule has 0 saturated carbocycles. The number of ether oxygens (including phenoxy) is 1. The highest BCUT2D eigenvalue weighted by Gasteiger charge is 2.08. The minimum absolute atomic E-state index is 0.363. The lowest BCUT2D eigenvalue weighted by Crippen LogP contribution is -2.04. The largest absolute Gasteiger partial charge is 0.497 e. The van der Waals surface area contributed by atoms with Crippen molar-refractivity contribution in [2.24, 2.45) is 0 Å². The van der Waals surface area contributed by atoms with Crippen LogP contribution in [0.4, 0.5) is 0 Å². The van der Waals surface area contributed by atoms with Crippen molar-refractivity contribution in [2.45, 2.75) is 32.0 Å². The van der Waals surface area contributed by atoms with Gasteiger partial charge in [0.05, 0.1) is 19.3 Å². The molecule has 3 heteroatoms. The van der Waals surface area contributed by atoms with Crippen molar-refractivity contribution in [2.75, 3.05) is 7.11 Å². The molecule has 84 valence electrons. The topological polar surface area (TPSA) is 49.7 Å². The lowest BCUT2D eigenvalue weighted by atomic mass is 10.0. The Balaban J connectivity index is 2.54. The monoisotopic (exact) mass is 210 g/mol. The van der Waals surface area contributed by atoms with Crippen LogP contribution in [0, 0.1) is 0 Å². The molecular weight excluding hydrogens is 192 g/mol. The molecule has 15 heavy (non-hydrogen) atoms. The first-order valence-corrected chi connectivity index (χ1v) is 5.13. The highest BCUT2D eigenvalue weighted by molar-refractivity contribution is 5.28. The van der Waals surface area contributed by atoms with Crippen LogP contribution in [0.25, 0.3) is 0 Å². The molecule has 0 heterocycles. The summed E-state index contributed by atoms with van der Waals surface area (Å²) >= 11 is 0. The number of hydrogen-bond donors (Lipinski definition) is 2. The van der Waals surface area contributed by atoms with E-state index >= 15 is 0 Å². The predicted molar refractivity (Wildman–Crippen MR) is 58.9 cm³/mol. The molecule has 2 N–H and O–H groups in total. The summed E-state index contributed by atoms with van der Waals surface area (Å²) in [7, 11) is 1.61. The van der Waals surface area contributed by atoms with Gasteiger partial charge in [0.2, 0.25) is 0 Å². The molecule has 0 aliphatic carbocycles. The highest BCUT2D eigenvalue weighted by Crippen LogP contribution is 2.21. The van der Waals surface area contributed by atoms with Gasteiger partial charge in [-0.1, -0.05) is 12.1 Å². The van der Waals surface area contributed by atoms with E-state index in [-0.39, 0.29) is 6.10 Å². The summed E-state index contributed by atoms with van der Waals surface area (Å²) in [6, 6.07) is 7.32. The van der Waals surface area contributed by atoms with Gasteiger partial charge in [-0.15, -0.1) is 0 Å². The molecule has 3 nitrogen and oxygen atoms in total. The highest BCUT2D eigenvalue weighted by atomic mass is 16.5. The van der Waals surface area contributed by atoms with Crippen molar-refractivity contribution in [3.63, 3.8) is 0 Å². The Kier molecular flexibility index (Phi) is 4.59. The molecule has 2 unspecified atom stereocenters. The molecule has 1 aromatic rings. The average molecular weight is 210 g/mol. The molecule has 0 aromatic heterocycles. The van der Waals surface area contributed by atoms with Gasteiger partial charge < -0.3 is 14.9 Å². The van der Waals surface area contributed by atoms with Gasteiger partial charge in [-0.2, -0.15) is 0 Å². The van der Waals surface area contributed by atoms with Crippen LogP contribution < -0.4 is 4.74 Å². The fourth-order valence-corrected chi connectivity index (χ4v) is 1.39. The Morgan fingerprint density at radius 3 is 2.20 bits per heavy atom. The van der Waals surface area contributed by atoms with Gasteiger partial charge in [0.15, 0.2) is 0 Å². The quantitative estimate of drug-likeness (QED) is 0.780.